The molecule has 0 aliphatic rings. The number of carbonyl (C=O) groups is 2. The number of hydrogen-bond donors (Lipinski definition) is 3. The third-order valence-electron chi connectivity index (χ3n) is 8.64. The number of aliphatic hydroxyl groups excluding tert-OH is 2. The molecule has 3 N–H and O–H groups in total. The lowest BCUT2D eigenvalue weighted by molar-refractivity contribution is -0.161. The molecule has 1 unspecified atom stereocenters. The van der Waals surface area contributed by atoms with Crippen LogP contribution in [0.1, 0.15) is 168 Å². The third-order valence-corrected chi connectivity index (χ3v) is 9.60. The fourth-order valence-electron chi connectivity index (χ4n) is 5.33. The summed E-state index contributed by atoms with van der Waals surface area (Å²) in [6.45, 7) is 2.26. The van der Waals surface area contributed by atoms with Gasteiger partial charge in [0.15, 0.2) is 6.10 Å². The van der Waals surface area contributed by atoms with Crippen molar-refractivity contribution in [2.45, 2.75) is 180 Å². The number of phosphoric ester groups is 1. The number of allylic oxidation sites excluding steroid dienone is 10. The first-order valence-corrected chi connectivity index (χ1v) is 22.7. The normalized spacial score (nSPS) is 14.5. The summed E-state index contributed by atoms with van der Waals surface area (Å²) >= 11 is 0. The second-order valence-electron chi connectivity index (χ2n) is 14.0. The molecule has 0 saturated carbocycles. The molecule has 0 rings (SSSR count). The quantitative estimate of drug-likeness (QED) is 0.0237. The van der Waals surface area contributed by atoms with Crippen molar-refractivity contribution < 1.29 is 47.8 Å². The zero-order valence-corrected chi connectivity index (χ0v) is 35.3. The van der Waals surface area contributed by atoms with Crippen LogP contribution in [-0.2, 0) is 32.7 Å². The molecule has 0 aromatic carbocycles. The van der Waals surface area contributed by atoms with Crippen LogP contribution in [-0.4, -0.2) is 65.7 Å². The van der Waals surface area contributed by atoms with Crippen molar-refractivity contribution in [2.24, 2.45) is 0 Å². The lowest BCUT2D eigenvalue weighted by Gasteiger charge is -2.20. The van der Waals surface area contributed by atoms with Crippen LogP contribution in [0.3, 0.4) is 0 Å². The lowest BCUT2D eigenvalue weighted by Crippen LogP contribution is -2.29. The van der Waals surface area contributed by atoms with E-state index in [-0.39, 0.29) is 19.4 Å². The molecule has 0 radical (unpaired) electrons. The second kappa shape index (κ2) is 39.9. The molecule has 0 fully saturated rings. The number of phosphoric acid groups is 1. The van der Waals surface area contributed by atoms with Gasteiger partial charge in [0, 0.05) is 12.8 Å². The van der Waals surface area contributed by atoms with Gasteiger partial charge >= 0.3 is 19.8 Å². The van der Waals surface area contributed by atoms with Crippen LogP contribution in [0.4, 0.5) is 0 Å². The third kappa shape index (κ3) is 39.7. The maximum Gasteiger partial charge on any atom is 0.472 e. The maximum absolute atomic E-state index is 12.6. The van der Waals surface area contributed by atoms with E-state index >= 15 is 0 Å². The standard InChI is InChI=1S/C44H77O10P/c1-3-5-7-9-11-13-15-17-19-20-22-24-26-28-30-32-34-36-44(48)54-42(40-53-55(49,50)52-38-41(46)37-45)39-51-43(47)35-33-31-29-27-25-23-21-18-16-14-12-10-8-6-4-2/h12,14,17-19,21-22,24,28,30,41-42,45-46H,3-11,13,15-16,20,23,25-27,29,31-40H2,1-2H3,(H,49,50)/b14-12-,19-17-,21-18-,24-22-,30-28-/t41-,42+/m0/s1. The van der Waals surface area contributed by atoms with Crippen LogP contribution >= 0.6 is 7.82 Å². The Hall–Kier alpha value is -2.33. The topological polar surface area (TPSA) is 149 Å². The number of rotatable bonds is 39. The summed E-state index contributed by atoms with van der Waals surface area (Å²) in [5.41, 5.74) is 0. The van der Waals surface area contributed by atoms with E-state index in [1.54, 1.807) is 0 Å². The Morgan fingerprint density at radius 3 is 1.51 bits per heavy atom. The fraction of sp³-hybridized carbons (Fsp3) is 0.727. The van der Waals surface area contributed by atoms with E-state index in [0.717, 1.165) is 64.2 Å². The Balaban J connectivity index is 4.44. The van der Waals surface area contributed by atoms with Crippen molar-refractivity contribution in [2.75, 3.05) is 26.4 Å². The van der Waals surface area contributed by atoms with Gasteiger partial charge in [-0.1, -0.05) is 139 Å². The first-order chi connectivity index (χ1) is 26.7. The molecular weight excluding hydrogens is 719 g/mol. The number of ether oxygens (including phenoxy) is 2. The maximum atomic E-state index is 12.6. The van der Waals surface area contributed by atoms with E-state index in [4.69, 9.17) is 19.1 Å². The van der Waals surface area contributed by atoms with Gasteiger partial charge in [0.05, 0.1) is 19.8 Å². The first-order valence-electron chi connectivity index (χ1n) is 21.2. The Morgan fingerprint density at radius 1 is 0.545 bits per heavy atom. The molecule has 0 aliphatic heterocycles. The van der Waals surface area contributed by atoms with Gasteiger partial charge in [-0.25, -0.2) is 4.57 Å². The molecule has 0 spiro atoms. The van der Waals surface area contributed by atoms with Gasteiger partial charge in [-0.15, -0.1) is 0 Å². The number of esters is 2. The molecule has 318 valence electrons. The van der Waals surface area contributed by atoms with Crippen molar-refractivity contribution in [3.8, 4) is 0 Å². The van der Waals surface area contributed by atoms with Crippen LogP contribution in [0.5, 0.6) is 0 Å². The molecule has 3 atom stereocenters. The molecule has 0 aliphatic carbocycles. The van der Waals surface area contributed by atoms with E-state index in [9.17, 15) is 24.2 Å². The zero-order valence-electron chi connectivity index (χ0n) is 34.4. The Bertz CT molecular complexity index is 1100. The minimum atomic E-state index is -4.63. The molecule has 0 amide bonds. The molecule has 0 bridgehead atoms. The number of carbonyl (C=O) groups excluding carboxylic acids is 2. The summed E-state index contributed by atoms with van der Waals surface area (Å²) in [5, 5.41) is 18.3. The highest BCUT2D eigenvalue weighted by molar-refractivity contribution is 7.47. The minimum Gasteiger partial charge on any atom is -0.462 e. The van der Waals surface area contributed by atoms with Crippen molar-refractivity contribution in [1.29, 1.82) is 0 Å². The SMILES string of the molecule is CCCCC/C=C\C/C=C\CCCCCCCC(=O)OC[C@H](COP(=O)(O)OC[C@@H](O)CO)OC(=O)CCC/C=C\C/C=C\C/C=C\CCCCCCCC. The highest BCUT2D eigenvalue weighted by Gasteiger charge is 2.27. The van der Waals surface area contributed by atoms with Crippen LogP contribution in [0, 0.1) is 0 Å². The van der Waals surface area contributed by atoms with E-state index < -0.39 is 51.8 Å². The van der Waals surface area contributed by atoms with Crippen molar-refractivity contribution in [3.05, 3.63) is 60.8 Å². The van der Waals surface area contributed by atoms with Gasteiger partial charge in [-0.05, 0) is 77.0 Å². The van der Waals surface area contributed by atoms with Gasteiger partial charge in [-0.2, -0.15) is 0 Å². The Labute approximate surface area is 334 Å². The second-order valence-corrected chi connectivity index (χ2v) is 15.5. The van der Waals surface area contributed by atoms with Crippen LogP contribution < -0.4 is 0 Å². The van der Waals surface area contributed by atoms with Gasteiger partial charge < -0.3 is 24.6 Å². The number of unbranched alkanes of at least 4 members (excludes halogenated alkanes) is 15. The van der Waals surface area contributed by atoms with E-state index in [1.165, 1.54) is 57.8 Å². The Morgan fingerprint density at radius 2 is 0.964 bits per heavy atom. The molecule has 0 saturated heterocycles. The molecule has 11 heteroatoms. The predicted molar refractivity (Wildman–Crippen MR) is 224 cm³/mol. The van der Waals surface area contributed by atoms with Gasteiger partial charge in [0.1, 0.15) is 12.7 Å². The average Bonchev–Trinajstić information content (AvgIpc) is 3.17. The van der Waals surface area contributed by atoms with Crippen LogP contribution in [0.2, 0.25) is 0 Å². The van der Waals surface area contributed by atoms with Crippen molar-refractivity contribution in [1.82, 2.24) is 0 Å². The molecule has 0 heterocycles. The number of hydrogen-bond acceptors (Lipinski definition) is 9. The lowest BCUT2D eigenvalue weighted by atomic mass is 10.1. The van der Waals surface area contributed by atoms with E-state index in [1.807, 2.05) is 6.08 Å². The fourth-order valence-corrected chi connectivity index (χ4v) is 6.12. The average molecular weight is 797 g/mol. The van der Waals surface area contributed by atoms with Crippen LogP contribution in [0.25, 0.3) is 0 Å². The number of aliphatic hydroxyl groups is 2. The van der Waals surface area contributed by atoms with Gasteiger partial charge in [-0.3, -0.25) is 18.6 Å². The highest BCUT2D eigenvalue weighted by atomic mass is 31.2. The summed E-state index contributed by atoms with van der Waals surface area (Å²) in [6.07, 6.45) is 43.3. The summed E-state index contributed by atoms with van der Waals surface area (Å²) < 4.78 is 32.6. The molecule has 0 aromatic rings. The van der Waals surface area contributed by atoms with Gasteiger partial charge in [0.2, 0.25) is 0 Å². The smallest absolute Gasteiger partial charge is 0.462 e. The molecular formula is C44H77O10P. The predicted octanol–water partition coefficient (Wildman–Crippen LogP) is 11.1. The van der Waals surface area contributed by atoms with Crippen LogP contribution in [0.15, 0.2) is 60.8 Å². The highest BCUT2D eigenvalue weighted by Crippen LogP contribution is 2.43. The largest absolute Gasteiger partial charge is 0.472 e. The molecule has 10 nitrogen and oxygen atoms in total. The summed E-state index contributed by atoms with van der Waals surface area (Å²) in [4.78, 5) is 34.9. The molecule has 0 aromatic heterocycles. The summed E-state index contributed by atoms with van der Waals surface area (Å²) in [5.74, 6) is -1.01. The monoisotopic (exact) mass is 797 g/mol. The van der Waals surface area contributed by atoms with E-state index in [0.29, 0.717) is 19.3 Å². The minimum absolute atomic E-state index is 0.107. The Kier molecular flexibility index (Phi) is 38.2. The molecule has 55 heavy (non-hydrogen) atoms. The van der Waals surface area contributed by atoms with Crippen molar-refractivity contribution in [3.63, 3.8) is 0 Å². The summed E-state index contributed by atoms with van der Waals surface area (Å²) in [6, 6.07) is 0. The van der Waals surface area contributed by atoms with E-state index in [2.05, 4.69) is 73.1 Å². The summed E-state index contributed by atoms with van der Waals surface area (Å²) in [7, 11) is -4.63. The zero-order chi connectivity index (χ0) is 40.5. The first kappa shape index (κ1) is 52.7. The van der Waals surface area contributed by atoms with Gasteiger partial charge in [0.25, 0.3) is 0 Å². The van der Waals surface area contributed by atoms with Crippen molar-refractivity contribution >= 4 is 19.8 Å².